The van der Waals surface area contributed by atoms with Crippen molar-refractivity contribution in [2.24, 2.45) is 0 Å². The van der Waals surface area contributed by atoms with Crippen LogP contribution in [0.4, 0.5) is 4.79 Å². The van der Waals surface area contributed by atoms with E-state index in [9.17, 15) is 4.79 Å². The van der Waals surface area contributed by atoms with Crippen molar-refractivity contribution in [1.29, 1.82) is 0 Å². The molecule has 1 saturated heterocycles. The zero-order chi connectivity index (χ0) is 20.7. The fourth-order valence-electron chi connectivity index (χ4n) is 2.47. The summed E-state index contributed by atoms with van der Waals surface area (Å²) in [7, 11) is 0. The molecule has 8 nitrogen and oxygen atoms in total. The molecule has 0 radical (unpaired) electrons. The summed E-state index contributed by atoms with van der Waals surface area (Å²) in [5.41, 5.74) is -0.452. The van der Waals surface area contributed by atoms with Crippen LogP contribution in [0.2, 0.25) is 0 Å². The lowest BCUT2D eigenvalue weighted by molar-refractivity contribution is -0.00493. The normalized spacial score (nSPS) is 15.4. The quantitative estimate of drug-likeness (QED) is 0.340. The highest BCUT2D eigenvalue weighted by Gasteiger charge is 2.25. The number of hydrogen-bond donors (Lipinski definition) is 0. The second-order valence-corrected chi connectivity index (χ2v) is 7.40. The molecule has 1 amide bonds. The van der Waals surface area contributed by atoms with Crippen molar-refractivity contribution in [1.82, 2.24) is 9.80 Å². The van der Waals surface area contributed by atoms with Crippen molar-refractivity contribution >= 4 is 6.09 Å². The third-order valence-electron chi connectivity index (χ3n) is 3.88. The van der Waals surface area contributed by atoms with E-state index in [0.29, 0.717) is 65.9 Å². The minimum Gasteiger partial charge on any atom is -0.444 e. The lowest BCUT2D eigenvalue weighted by Crippen LogP contribution is -2.50. The lowest BCUT2D eigenvalue weighted by atomic mass is 10.2. The molecular weight excluding hydrogens is 364 g/mol. The second kappa shape index (κ2) is 14.6. The largest absolute Gasteiger partial charge is 0.444 e. The first kappa shape index (κ1) is 24.7. The molecule has 1 aliphatic rings. The molecule has 0 unspecified atom stereocenters. The molecular formula is C20H36N2O6. The van der Waals surface area contributed by atoms with Crippen LogP contribution in [-0.2, 0) is 23.7 Å². The molecule has 0 aliphatic carbocycles. The molecule has 1 heterocycles. The summed E-state index contributed by atoms with van der Waals surface area (Å²) >= 11 is 0. The molecule has 0 aromatic carbocycles. The van der Waals surface area contributed by atoms with E-state index in [4.69, 9.17) is 30.1 Å². The minimum absolute atomic E-state index is 0.232. The van der Waals surface area contributed by atoms with Gasteiger partial charge in [0.15, 0.2) is 0 Å². The van der Waals surface area contributed by atoms with Crippen molar-refractivity contribution in [3.05, 3.63) is 0 Å². The smallest absolute Gasteiger partial charge is 0.410 e. The number of amides is 1. The number of carbonyl (C=O) groups is 1. The van der Waals surface area contributed by atoms with E-state index in [0.717, 1.165) is 19.6 Å². The number of piperazine rings is 1. The van der Waals surface area contributed by atoms with Crippen LogP contribution in [0, 0.1) is 12.3 Å². The summed E-state index contributed by atoms with van der Waals surface area (Å²) in [4.78, 5) is 16.1. The molecule has 0 atom stereocenters. The Bertz CT molecular complexity index is 453. The second-order valence-electron chi connectivity index (χ2n) is 7.40. The monoisotopic (exact) mass is 400 g/mol. The summed E-state index contributed by atoms with van der Waals surface area (Å²) in [6, 6.07) is 0. The van der Waals surface area contributed by atoms with E-state index in [2.05, 4.69) is 10.8 Å². The van der Waals surface area contributed by atoms with Gasteiger partial charge in [-0.05, 0) is 20.8 Å². The minimum atomic E-state index is -0.452. The molecule has 162 valence electrons. The van der Waals surface area contributed by atoms with Gasteiger partial charge >= 0.3 is 6.09 Å². The van der Waals surface area contributed by atoms with Crippen LogP contribution in [-0.4, -0.2) is 107 Å². The van der Waals surface area contributed by atoms with Crippen LogP contribution in [0.5, 0.6) is 0 Å². The third kappa shape index (κ3) is 12.9. The molecule has 8 heteroatoms. The molecule has 0 aromatic heterocycles. The van der Waals surface area contributed by atoms with Crippen molar-refractivity contribution in [2.75, 3.05) is 85.6 Å². The fourth-order valence-corrected chi connectivity index (χ4v) is 2.47. The van der Waals surface area contributed by atoms with Crippen molar-refractivity contribution in [2.45, 2.75) is 26.4 Å². The van der Waals surface area contributed by atoms with Gasteiger partial charge in [-0.1, -0.05) is 5.92 Å². The van der Waals surface area contributed by atoms with Crippen LogP contribution in [0.3, 0.4) is 0 Å². The number of ether oxygens (including phenoxy) is 5. The van der Waals surface area contributed by atoms with Gasteiger partial charge < -0.3 is 28.6 Å². The van der Waals surface area contributed by atoms with Gasteiger partial charge in [-0.25, -0.2) is 4.79 Å². The zero-order valence-corrected chi connectivity index (χ0v) is 17.6. The van der Waals surface area contributed by atoms with Crippen molar-refractivity contribution in [3.63, 3.8) is 0 Å². The van der Waals surface area contributed by atoms with Crippen LogP contribution in [0.15, 0.2) is 0 Å². The Morgan fingerprint density at radius 3 is 1.86 bits per heavy atom. The Hall–Kier alpha value is -1.37. The van der Waals surface area contributed by atoms with Crippen LogP contribution < -0.4 is 0 Å². The van der Waals surface area contributed by atoms with E-state index >= 15 is 0 Å². The first-order valence-corrected chi connectivity index (χ1v) is 9.87. The fraction of sp³-hybridized carbons (Fsp3) is 0.850. The van der Waals surface area contributed by atoms with Crippen molar-refractivity contribution in [3.8, 4) is 12.3 Å². The molecule has 0 N–H and O–H groups in total. The highest BCUT2D eigenvalue weighted by atomic mass is 16.6. The molecule has 1 rings (SSSR count). The zero-order valence-electron chi connectivity index (χ0n) is 17.6. The number of rotatable bonds is 13. The van der Waals surface area contributed by atoms with Crippen LogP contribution in [0.1, 0.15) is 20.8 Å². The Morgan fingerprint density at radius 2 is 1.36 bits per heavy atom. The topological polar surface area (TPSA) is 69.7 Å². The average Bonchev–Trinajstić information content (AvgIpc) is 2.64. The maximum absolute atomic E-state index is 12.0. The highest BCUT2D eigenvalue weighted by molar-refractivity contribution is 5.68. The van der Waals surface area contributed by atoms with E-state index in [1.165, 1.54) is 0 Å². The predicted octanol–water partition coefficient (Wildman–Crippen LogP) is 1.24. The third-order valence-corrected chi connectivity index (χ3v) is 3.88. The molecule has 0 bridgehead atoms. The molecule has 1 aliphatic heterocycles. The van der Waals surface area contributed by atoms with Gasteiger partial charge in [0.25, 0.3) is 0 Å². The summed E-state index contributed by atoms with van der Waals surface area (Å²) in [6.45, 7) is 13.7. The molecule has 0 saturated carbocycles. The Labute approximate surface area is 169 Å². The van der Waals surface area contributed by atoms with E-state index in [-0.39, 0.29) is 6.09 Å². The van der Waals surface area contributed by atoms with Gasteiger partial charge in [0.1, 0.15) is 12.2 Å². The Kier molecular flexibility index (Phi) is 12.9. The molecule has 28 heavy (non-hydrogen) atoms. The number of carbonyl (C=O) groups excluding carboxylic acids is 1. The van der Waals surface area contributed by atoms with Gasteiger partial charge in [-0.15, -0.1) is 6.42 Å². The van der Waals surface area contributed by atoms with Gasteiger partial charge in [0.05, 0.1) is 46.2 Å². The number of terminal acetylenes is 1. The molecule has 1 fully saturated rings. The lowest BCUT2D eigenvalue weighted by Gasteiger charge is -2.35. The maximum atomic E-state index is 12.0. The first-order valence-electron chi connectivity index (χ1n) is 9.87. The summed E-state index contributed by atoms with van der Waals surface area (Å²) in [5.74, 6) is 2.40. The number of hydrogen-bond acceptors (Lipinski definition) is 7. The SMILES string of the molecule is C#CCOCCOCCOCCOCCN1CCN(C(=O)OC(C)(C)C)CC1. The van der Waals surface area contributed by atoms with Crippen LogP contribution >= 0.6 is 0 Å². The van der Waals surface area contributed by atoms with Gasteiger partial charge in [-0.3, -0.25) is 4.90 Å². The predicted molar refractivity (Wildman–Crippen MR) is 106 cm³/mol. The van der Waals surface area contributed by atoms with Gasteiger partial charge in [0.2, 0.25) is 0 Å². The summed E-state index contributed by atoms with van der Waals surface area (Å²) < 4.78 is 26.9. The van der Waals surface area contributed by atoms with Crippen molar-refractivity contribution < 1.29 is 28.5 Å². The molecule has 0 aromatic rings. The summed E-state index contributed by atoms with van der Waals surface area (Å²) in [5, 5.41) is 0. The van der Waals surface area contributed by atoms with Crippen LogP contribution in [0.25, 0.3) is 0 Å². The highest BCUT2D eigenvalue weighted by Crippen LogP contribution is 2.11. The van der Waals surface area contributed by atoms with Gasteiger partial charge in [0, 0.05) is 32.7 Å². The van der Waals surface area contributed by atoms with Gasteiger partial charge in [-0.2, -0.15) is 0 Å². The summed E-state index contributed by atoms with van der Waals surface area (Å²) in [6.07, 6.45) is 4.83. The van der Waals surface area contributed by atoms with E-state index < -0.39 is 5.60 Å². The van der Waals surface area contributed by atoms with E-state index in [1.54, 1.807) is 4.90 Å². The molecule has 0 spiro atoms. The maximum Gasteiger partial charge on any atom is 0.410 e. The van der Waals surface area contributed by atoms with E-state index in [1.807, 2.05) is 20.8 Å². The Balaban J connectivity index is 1.89. The standard InChI is InChI=1S/C20H36N2O6/c1-5-11-24-13-15-26-17-18-27-16-14-25-12-10-21-6-8-22(9-7-21)19(23)28-20(2,3)4/h1H,6-18H2,2-4H3. The number of nitrogens with zero attached hydrogens (tertiary/aromatic N) is 2. The first-order chi connectivity index (χ1) is 13.4. The average molecular weight is 401 g/mol. The Morgan fingerprint density at radius 1 is 0.857 bits per heavy atom.